The van der Waals surface area contributed by atoms with Gasteiger partial charge in [-0.3, -0.25) is 0 Å². The lowest BCUT2D eigenvalue weighted by Gasteiger charge is -2.35. The van der Waals surface area contributed by atoms with Gasteiger partial charge in [-0.1, -0.05) is 31.0 Å². The van der Waals surface area contributed by atoms with Gasteiger partial charge in [-0.25, -0.2) is 13.1 Å². The van der Waals surface area contributed by atoms with Crippen LogP contribution in [-0.4, -0.2) is 25.7 Å². The topological polar surface area (TPSA) is 66.4 Å². The van der Waals surface area contributed by atoms with Gasteiger partial charge in [-0.05, 0) is 49.8 Å². The molecule has 1 aliphatic carbocycles. The SMILES string of the molecule is CCC1CCC(O)(CNS(=O)(=O)c2cccc(Cl)c2)CC1. The zero-order valence-corrected chi connectivity index (χ0v) is 13.8. The third kappa shape index (κ3) is 4.42. The van der Waals surface area contributed by atoms with Gasteiger partial charge in [-0.15, -0.1) is 0 Å². The Morgan fingerprint density at radius 3 is 2.62 bits per heavy atom. The van der Waals surface area contributed by atoms with Gasteiger partial charge in [0.2, 0.25) is 10.0 Å². The molecule has 2 N–H and O–H groups in total. The van der Waals surface area contributed by atoms with Crippen molar-refractivity contribution < 1.29 is 13.5 Å². The molecule has 1 aromatic rings. The maximum absolute atomic E-state index is 12.2. The van der Waals surface area contributed by atoms with Gasteiger partial charge in [-0.2, -0.15) is 0 Å². The van der Waals surface area contributed by atoms with Gasteiger partial charge < -0.3 is 5.11 Å². The van der Waals surface area contributed by atoms with Crippen LogP contribution in [0.2, 0.25) is 5.02 Å². The summed E-state index contributed by atoms with van der Waals surface area (Å²) in [6.07, 6.45) is 4.30. The van der Waals surface area contributed by atoms with Crippen LogP contribution in [0.4, 0.5) is 0 Å². The number of aliphatic hydroxyl groups is 1. The van der Waals surface area contributed by atoms with Crippen LogP contribution in [0.3, 0.4) is 0 Å². The van der Waals surface area contributed by atoms with Crippen LogP contribution in [0.15, 0.2) is 29.2 Å². The lowest BCUT2D eigenvalue weighted by atomic mass is 9.78. The molecule has 1 fully saturated rings. The number of sulfonamides is 1. The third-order valence-corrected chi connectivity index (χ3v) is 5.94. The molecule has 0 atom stereocenters. The van der Waals surface area contributed by atoms with Crippen molar-refractivity contribution in [3.8, 4) is 0 Å². The fraction of sp³-hybridized carbons (Fsp3) is 0.600. The molecule has 0 radical (unpaired) electrons. The van der Waals surface area contributed by atoms with Crippen LogP contribution in [0, 0.1) is 5.92 Å². The Kier molecular flexibility index (Phi) is 5.30. The van der Waals surface area contributed by atoms with E-state index >= 15 is 0 Å². The van der Waals surface area contributed by atoms with E-state index < -0.39 is 15.6 Å². The Morgan fingerprint density at radius 1 is 1.38 bits per heavy atom. The Hall–Kier alpha value is -0.620. The van der Waals surface area contributed by atoms with Crippen LogP contribution >= 0.6 is 11.6 Å². The molecule has 1 saturated carbocycles. The molecule has 21 heavy (non-hydrogen) atoms. The van der Waals surface area contributed by atoms with Gasteiger partial charge in [0.1, 0.15) is 0 Å². The zero-order valence-electron chi connectivity index (χ0n) is 12.2. The summed E-state index contributed by atoms with van der Waals surface area (Å²) in [7, 11) is -3.63. The van der Waals surface area contributed by atoms with Crippen molar-refractivity contribution in [3.05, 3.63) is 29.3 Å². The predicted octanol–water partition coefficient (Wildman–Crippen LogP) is 2.95. The quantitative estimate of drug-likeness (QED) is 0.871. The van der Waals surface area contributed by atoms with Crippen LogP contribution in [0.5, 0.6) is 0 Å². The molecule has 4 nitrogen and oxygen atoms in total. The lowest BCUT2D eigenvalue weighted by molar-refractivity contribution is -0.00442. The van der Waals surface area contributed by atoms with Gasteiger partial charge >= 0.3 is 0 Å². The van der Waals surface area contributed by atoms with E-state index in [4.69, 9.17) is 11.6 Å². The maximum atomic E-state index is 12.2. The maximum Gasteiger partial charge on any atom is 0.240 e. The average molecular weight is 332 g/mol. The summed E-state index contributed by atoms with van der Waals surface area (Å²) in [5.74, 6) is 0.648. The molecule has 2 rings (SSSR count). The number of rotatable bonds is 5. The third-order valence-electron chi connectivity index (χ3n) is 4.31. The minimum absolute atomic E-state index is 0.0539. The molecule has 1 aromatic carbocycles. The first-order valence-electron chi connectivity index (χ1n) is 7.32. The number of hydrogen-bond acceptors (Lipinski definition) is 3. The summed E-state index contributed by atoms with van der Waals surface area (Å²) >= 11 is 5.82. The van der Waals surface area contributed by atoms with Crippen LogP contribution in [0.25, 0.3) is 0 Å². The highest BCUT2D eigenvalue weighted by Gasteiger charge is 2.33. The summed E-state index contributed by atoms with van der Waals surface area (Å²) in [6, 6.07) is 6.12. The summed E-state index contributed by atoms with van der Waals surface area (Å²) < 4.78 is 26.9. The minimum Gasteiger partial charge on any atom is -0.389 e. The first kappa shape index (κ1) is 16.7. The Bertz CT molecular complexity index is 580. The highest BCUT2D eigenvalue weighted by atomic mass is 35.5. The molecule has 0 aromatic heterocycles. The monoisotopic (exact) mass is 331 g/mol. The summed E-state index contributed by atoms with van der Waals surface area (Å²) in [5, 5.41) is 10.9. The van der Waals surface area contributed by atoms with Crippen LogP contribution < -0.4 is 4.72 Å². The van der Waals surface area contributed by atoms with Crippen molar-refractivity contribution in [1.29, 1.82) is 0 Å². The van der Waals surface area contributed by atoms with E-state index in [2.05, 4.69) is 11.6 Å². The molecule has 118 valence electrons. The minimum atomic E-state index is -3.63. The highest BCUT2D eigenvalue weighted by Crippen LogP contribution is 2.33. The lowest BCUT2D eigenvalue weighted by Crippen LogP contribution is -2.45. The van der Waals surface area contributed by atoms with Gasteiger partial charge in [0, 0.05) is 11.6 Å². The number of halogens is 1. The van der Waals surface area contributed by atoms with E-state index in [9.17, 15) is 13.5 Å². The molecular weight excluding hydrogens is 310 g/mol. The molecular formula is C15H22ClNO3S. The van der Waals surface area contributed by atoms with Crippen molar-refractivity contribution in [2.75, 3.05) is 6.54 Å². The molecule has 1 aliphatic rings. The van der Waals surface area contributed by atoms with E-state index in [0.29, 0.717) is 23.8 Å². The van der Waals surface area contributed by atoms with Gasteiger partial charge in [0.05, 0.1) is 10.5 Å². The fourth-order valence-electron chi connectivity index (χ4n) is 2.75. The van der Waals surface area contributed by atoms with Gasteiger partial charge in [0.15, 0.2) is 0 Å². The van der Waals surface area contributed by atoms with Crippen LogP contribution in [-0.2, 0) is 10.0 Å². The largest absolute Gasteiger partial charge is 0.389 e. The Labute approximate surface area is 131 Å². The van der Waals surface area contributed by atoms with Crippen molar-refractivity contribution in [1.82, 2.24) is 4.72 Å². The Morgan fingerprint density at radius 2 is 2.05 bits per heavy atom. The van der Waals surface area contributed by atoms with E-state index in [1.54, 1.807) is 12.1 Å². The van der Waals surface area contributed by atoms with E-state index in [1.807, 2.05) is 0 Å². The van der Waals surface area contributed by atoms with Gasteiger partial charge in [0.25, 0.3) is 0 Å². The standard InChI is InChI=1S/C15H22ClNO3S/c1-2-12-6-8-15(18,9-7-12)11-17-21(19,20)14-5-3-4-13(16)10-14/h3-5,10,12,17-18H,2,6-9,11H2,1H3. The van der Waals surface area contributed by atoms with Crippen molar-refractivity contribution >= 4 is 21.6 Å². The first-order chi connectivity index (χ1) is 9.85. The van der Waals surface area contributed by atoms with E-state index in [1.165, 1.54) is 12.1 Å². The second-order valence-electron chi connectivity index (χ2n) is 5.86. The summed E-state index contributed by atoms with van der Waals surface area (Å²) in [5.41, 5.74) is -0.933. The van der Waals surface area contributed by atoms with E-state index in [-0.39, 0.29) is 11.4 Å². The average Bonchev–Trinajstić information content (AvgIpc) is 2.46. The molecule has 0 saturated heterocycles. The summed E-state index contributed by atoms with van der Waals surface area (Å²) in [6.45, 7) is 2.20. The molecule has 0 unspecified atom stereocenters. The number of benzene rings is 1. The Balaban J connectivity index is 1.99. The molecule has 0 bridgehead atoms. The molecule has 6 heteroatoms. The van der Waals surface area contributed by atoms with Crippen molar-refractivity contribution in [2.45, 2.75) is 49.5 Å². The molecule has 0 heterocycles. The fourth-order valence-corrected chi connectivity index (χ4v) is 4.17. The van der Waals surface area contributed by atoms with Crippen LogP contribution in [0.1, 0.15) is 39.0 Å². The number of nitrogens with one attached hydrogen (secondary N) is 1. The second kappa shape index (κ2) is 6.65. The molecule has 0 spiro atoms. The molecule has 0 amide bonds. The zero-order chi connectivity index (χ0) is 15.5. The highest BCUT2D eigenvalue weighted by molar-refractivity contribution is 7.89. The molecule has 0 aliphatic heterocycles. The van der Waals surface area contributed by atoms with Crippen molar-refractivity contribution in [3.63, 3.8) is 0 Å². The first-order valence-corrected chi connectivity index (χ1v) is 9.18. The van der Waals surface area contributed by atoms with Crippen molar-refractivity contribution in [2.24, 2.45) is 5.92 Å². The normalized spacial score (nSPS) is 26.7. The van der Waals surface area contributed by atoms with E-state index in [0.717, 1.165) is 19.3 Å². The number of hydrogen-bond donors (Lipinski definition) is 2. The summed E-state index contributed by atoms with van der Waals surface area (Å²) in [4.78, 5) is 0.126. The smallest absolute Gasteiger partial charge is 0.240 e. The second-order valence-corrected chi connectivity index (χ2v) is 8.06. The predicted molar refractivity (Wildman–Crippen MR) is 83.8 cm³/mol.